The molecule has 3 heteroatoms. The quantitative estimate of drug-likeness (QED) is 0.189. The summed E-state index contributed by atoms with van der Waals surface area (Å²) >= 11 is 0. The Balaban J connectivity index is 3.07. The van der Waals surface area contributed by atoms with Crippen LogP contribution in [0.25, 0.3) is 0 Å². The van der Waals surface area contributed by atoms with Gasteiger partial charge >= 0.3 is 5.97 Å². The zero-order chi connectivity index (χ0) is 19.5. The van der Waals surface area contributed by atoms with Crippen molar-refractivity contribution < 1.29 is 9.90 Å². The van der Waals surface area contributed by atoms with Crippen LogP contribution in [-0.2, 0) is 4.79 Å². The summed E-state index contributed by atoms with van der Waals surface area (Å²) < 4.78 is 0. The minimum absolute atomic E-state index is 0.356. The molecule has 0 aliphatic carbocycles. The first-order valence-electron chi connectivity index (χ1n) is 11.1. The summed E-state index contributed by atoms with van der Waals surface area (Å²) in [7, 11) is 4.31. The molecule has 0 aromatic carbocycles. The van der Waals surface area contributed by atoms with E-state index in [9.17, 15) is 4.79 Å². The smallest absolute Gasteiger partial charge is 0.330 e. The Bertz CT molecular complexity index is 339. The molecule has 0 aromatic heterocycles. The van der Waals surface area contributed by atoms with Gasteiger partial charge in [-0.3, -0.25) is 0 Å². The van der Waals surface area contributed by atoms with Crippen LogP contribution in [0.3, 0.4) is 0 Å². The van der Waals surface area contributed by atoms with Crippen molar-refractivity contribution >= 4 is 5.97 Å². The van der Waals surface area contributed by atoms with E-state index in [0.717, 1.165) is 12.8 Å². The van der Waals surface area contributed by atoms with Crippen LogP contribution in [0.15, 0.2) is 12.2 Å². The average Bonchev–Trinajstić information content (AvgIpc) is 2.60. The predicted octanol–water partition coefficient (Wildman–Crippen LogP) is 6.82. The Morgan fingerprint density at radius 1 is 0.654 bits per heavy atom. The number of hydrogen-bond donors (Lipinski definition) is 1. The summed E-state index contributed by atoms with van der Waals surface area (Å²) in [4.78, 5) is 12.9. The molecule has 0 saturated heterocycles. The Hall–Kier alpha value is -0.830. The zero-order valence-electron chi connectivity index (χ0n) is 17.7. The average molecular weight is 368 g/mol. The maximum absolute atomic E-state index is 10.6. The van der Waals surface area contributed by atoms with E-state index in [1.54, 1.807) is 0 Å². The number of aliphatic carboxylic acids is 1. The Kier molecular flexibility index (Phi) is 18.3. The van der Waals surface area contributed by atoms with E-state index in [4.69, 9.17) is 5.11 Å². The van der Waals surface area contributed by atoms with E-state index >= 15 is 0 Å². The van der Waals surface area contributed by atoms with Crippen LogP contribution in [0.4, 0.5) is 0 Å². The summed E-state index contributed by atoms with van der Waals surface area (Å²) in [6.07, 6.45) is 22.1. The SMILES string of the molecule is C=C(CCCCCCCCCCCCCCCCCCN(C)C)C(=O)O. The fraction of sp³-hybridized carbons (Fsp3) is 0.870. The van der Waals surface area contributed by atoms with Gasteiger partial charge in [-0.25, -0.2) is 4.79 Å². The van der Waals surface area contributed by atoms with E-state index in [0.29, 0.717) is 12.0 Å². The third kappa shape index (κ3) is 19.5. The molecule has 26 heavy (non-hydrogen) atoms. The number of unbranched alkanes of at least 4 members (excludes halogenated alkanes) is 15. The lowest BCUT2D eigenvalue weighted by Gasteiger charge is -2.08. The summed E-state index contributed by atoms with van der Waals surface area (Å²) in [5.74, 6) is -0.843. The van der Waals surface area contributed by atoms with E-state index in [2.05, 4.69) is 25.6 Å². The lowest BCUT2D eigenvalue weighted by molar-refractivity contribution is -0.132. The van der Waals surface area contributed by atoms with Crippen LogP contribution in [0.2, 0.25) is 0 Å². The van der Waals surface area contributed by atoms with Crippen molar-refractivity contribution in [2.24, 2.45) is 0 Å². The standard InChI is InChI=1S/C23H45NO2/c1-22(23(25)26)20-18-16-14-12-10-8-6-4-5-7-9-11-13-15-17-19-21-24(2)3/h1,4-21H2,2-3H3,(H,25,26). The molecule has 0 aliphatic rings. The van der Waals surface area contributed by atoms with Crippen molar-refractivity contribution in [2.75, 3.05) is 20.6 Å². The minimum atomic E-state index is -0.843. The maximum Gasteiger partial charge on any atom is 0.330 e. The van der Waals surface area contributed by atoms with Gasteiger partial charge in [-0.15, -0.1) is 0 Å². The molecule has 0 bridgehead atoms. The first-order chi connectivity index (χ1) is 12.5. The Labute approximate surface area is 163 Å². The third-order valence-corrected chi connectivity index (χ3v) is 5.14. The van der Waals surface area contributed by atoms with Crippen LogP contribution < -0.4 is 0 Å². The van der Waals surface area contributed by atoms with E-state index in [-0.39, 0.29) is 0 Å². The monoisotopic (exact) mass is 367 g/mol. The molecule has 0 spiro atoms. The third-order valence-electron chi connectivity index (χ3n) is 5.14. The van der Waals surface area contributed by atoms with Gasteiger partial charge in [0.2, 0.25) is 0 Å². The van der Waals surface area contributed by atoms with Crippen molar-refractivity contribution in [3.8, 4) is 0 Å². The van der Waals surface area contributed by atoms with Gasteiger partial charge in [0.1, 0.15) is 0 Å². The molecule has 154 valence electrons. The predicted molar refractivity (Wildman–Crippen MR) is 114 cm³/mol. The van der Waals surface area contributed by atoms with Gasteiger partial charge in [-0.2, -0.15) is 0 Å². The Morgan fingerprint density at radius 2 is 0.962 bits per heavy atom. The van der Waals surface area contributed by atoms with Crippen LogP contribution in [0.1, 0.15) is 109 Å². The number of carboxylic acids is 1. The molecule has 0 amide bonds. The summed E-state index contributed by atoms with van der Waals surface area (Å²) in [5.41, 5.74) is 0.356. The molecule has 0 saturated carbocycles. The van der Waals surface area contributed by atoms with Crippen molar-refractivity contribution in [1.82, 2.24) is 4.90 Å². The molecule has 0 aliphatic heterocycles. The molecular weight excluding hydrogens is 322 g/mol. The topological polar surface area (TPSA) is 40.5 Å². The number of nitrogens with zero attached hydrogens (tertiary/aromatic N) is 1. The highest BCUT2D eigenvalue weighted by Gasteiger charge is 2.02. The molecule has 3 nitrogen and oxygen atoms in total. The van der Waals surface area contributed by atoms with Crippen LogP contribution >= 0.6 is 0 Å². The lowest BCUT2D eigenvalue weighted by Crippen LogP contribution is -2.12. The summed E-state index contributed by atoms with van der Waals surface area (Å²) in [6.45, 7) is 4.81. The lowest BCUT2D eigenvalue weighted by atomic mass is 10.0. The first kappa shape index (κ1) is 25.2. The van der Waals surface area contributed by atoms with Crippen molar-refractivity contribution in [1.29, 1.82) is 0 Å². The van der Waals surface area contributed by atoms with Crippen LogP contribution in [-0.4, -0.2) is 36.6 Å². The highest BCUT2D eigenvalue weighted by molar-refractivity contribution is 5.85. The fourth-order valence-corrected chi connectivity index (χ4v) is 3.35. The number of rotatable bonds is 20. The second-order valence-corrected chi connectivity index (χ2v) is 8.12. The second-order valence-electron chi connectivity index (χ2n) is 8.12. The summed E-state index contributed by atoms with van der Waals surface area (Å²) in [6, 6.07) is 0. The number of carbonyl (C=O) groups is 1. The van der Waals surface area contributed by atoms with Gasteiger partial charge < -0.3 is 10.0 Å². The largest absolute Gasteiger partial charge is 0.478 e. The highest BCUT2D eigenvalue weighted by Crippen LogP contribution is 2.14. The molecule has 0 rings (SSSR count). The summed E-state index contributed by atoms with van der Waals surface area (Å²) in [5, 5.41) is 8.73. The van der Waals surface area contributed by atoms with Gasteiger partial charge in [0.15, 0.2) is 0 Å². The second kappa shape index (κ2) is 18.9. The first-order valence-corrected chi connectivity index (χ1v) is 11.1. The minimum Gasteiger partial charge on any atom is -0.478 e. The normalized spacial score (nSPS) is 11.2. The van der Waals surface area contributed by atoms with Gasteiger partial charge in [0, 0.05) is 5.57 Å². The fourth-order valence-electron chi connectivity index (χ4n) is 3.35. The van der Waals surface area contributed by atoms with Gasteiger partial charge in [0.25, 0.3) is 0 Å². The number of hydrogen-bond acceptors (Lipinski definition) is 2. The van der Waals surface area contributed by atoms with E-state index < -0.39 is 5.97 Å². The van der Waals surface area contributed by atoms with Gasteiger partial charge in [-0.1, -0.05) is 96.5 Å². The molecule has 0 aromatic rings. The highest BCUT2D eigenvalue weighted by atomic mass is 16.4. The molecule has 1 N–H and O–H groups in total. The maximum atomic E-state index is 10.6. The van der Waals surface area contributed by atoms with E-state index in [1.165, 1.54) is 96.4 Å². The van der Waals surface area contributed by atoms with Crippen molar-refractivity contribution in [3.05, 3.63) is 12.2 Å². The van der Waals surface area contributed by atoms with Gasteiger partial charge in [0.05, 0.1) is 0 Å². The molecule has 0 unspecified atom stereocenters. The Morgan fingerprint density at radius 3 is 1.27 bits per heavy atom. The molecule has 0 heterocycles. The van der Waals surface area contributed by atoms with Crippen molar-refractivity contribution in [3.63, 3.8) is 0 Å². The van der Waals surface area contributed by atoms with Crippen molar-refractivity contribution in [2.45, 2.75) is 109 Å². The molecular formula is C23H45NO2. The van der Waals surface area contributed by atoms with Gasteiger partial charge in [-0.05, 0) is 39.9 Å². The molecule has 0 atom stereocenters. The van der Waals surface area contributed by atoms with E-state index in [1.807, 2.05) is 0 Å². The number of carboxylic acid groups (broad SMARTS) is 1. The zero-order valence-corrected chi connectivity index (χ0v) is 17.7. The van der Waals surface area contributed by atoms with Crippen LogP contribution in [0.5, 0.6) is 0 Å². The van der Waals surface area contributed by atoms with Crippen LogP contribution in [0, 0.1) is 0 Å². The molecule has 0 radical (unpaired) electrons. The molecule has 0 fully saturated rings.